The molecule has 0 aliphatic heterocycles. The van der Waals surface area contributed by atoms with Crippen molar-refractivity contribution < 1.29 is 9.47 Å². The van der Waals surface area contributed by atoms with Gasteiger partial charge in [-0.15, -0.1) is 0 Å². The van der Waals surface area contributed by atoms with Gasteiger partial charge < -0.3 is 14.8 Å². The first-order chi connectivity index (χ1) is 10.3. The van der Waals surface area contributed by atoms with Crippen LogP contribution in [0.5, 0.6) is 5.75 Å². The zero-order valence-electron chi connectivity index (χ0n) is 12.8. The molecular weight excluding hydrogens is 262 g/mol. The van der Waals surface area contributed by atoms with E-state index < -0.39 is 0 Å². The lowest BCUT2D eigenvalue weighted by molar-refractivity contribution is 0.185. The maximum atomic E-state index is 5.75. The van der Waals surface area contributed by atoms with E-state index in [1.807, 2.05) is 24.3 Å². The molecule has 1 N–H and O–H groups in total. The molecule has 2 aromatic carbocycles. The minimum absolute atomic E-state index is 0.654. The van der Waals surface area contributed by atoms with Crippen molar-refractivity contribution in [1.82, 2.24) is 0 Å². The molecule has 0 radical (unpaired) electrons. The fourth-order valence-electron chi connectivity index (χ4n) is 2.07. The molecule has 3 nitrogen and oxygen atoms in total. The molecule has 0 aliphatic rings. The minimum atomic E-state index is 0.654. The molecule has 2 rings (SSSR count). The van der Waals surface area contributed by atoms with Crippen LogP contribution in [-0.4, -0.2) is 13.7 Å². The van der Waals surface area contributed by atoms with E-state index in [9.17, 15) is 0 Å². The summed E-state index contributed by atoms with van der Waals surface area (Å²) in [6, 6.07) is 16.5. The Hall–Kier alpha value is -2.00. The molecule has 0 unspecified atom stereocenters. The Morgan fingerprint density at radius 1 is 0.952 bits per heavy atom. The van der Waals surface area contributed by atoms with Gasteiger partial charge in [-0.2, -0.15) is 0 Å². The summed E-state index contributed by atoms with van der Waals surface area (Å²) in [5.41, 5.74) is 3.46. The number of nitrogens with one attached hydrogen (secondary N) is 1. The molecular formula is C18H23NO2. The summed E-state index contributed by atoms with van der Waals surface area (Å²) in [6.07, 6.45) is 1.01. The average Bonchev–Trinajstić information content (AvgIpc) is 2.53. The number of para-hydroxylation sites is 2. The third kappa shape index (κ3) is 4.80. The van der Waals surface area contributed by atoms with Crippen molar-refractivity contribution in [2.75, 3.05) is 19.0 Å². The van der Waals surface area contributed by atoms with Gasteiger partial charge >= 0.3 is 0 Å². The number of hydrogen-bond acceptors (Lipinski definition) is 3. The van der Waals surface area contributed by atoms with Crippen LogP contribution in [0.15, 0.2) is 48.5 Å². The molecule has 3 heteroatoms. The van der Waals surface area contributed by atoms with Crippen LogP contribution in [0.4, 0.5) is 5.69 Å². The Bertz CT molecular complexity index is 537. The van der Waals surface area contributed by atoms with Gasteiger partial charge in [0.15, 0.2) is 0 Å². The van der Waals surface area contributed by atoms with Gasteiger partial charge in [-0.3, -0.25) is 0 Å². The maximum Gasteiger partial charge on any atom is 0.142 e. The van der Waals surface area contributed by atoms with Gasteiger partial charge in [-0.25, -0.2) is 0 Å². The molecule has 112 valence electrons. The highest BCUT2D eigenvalue weighted by molar-refractivity contribution is 5.56. The first-order valence-corrected chi connectivity index (χ1v) is 7.36. The Balaban J connectivity index is 1.96. The first-order valence-electron chi connectivity index (χ1n) is 7.36. The number of hydrogen-bond donors (Lipinski definition) is 1. The zero-order valence-corrected chi connectivity index (χ0v) is 12.8. The second kappa shape index (κ2) is 8.32. The van der Waals surface area contributed by atoms with E-state index in [2.05, 4.69) is 36.5 Å². The Morgan fingerprint density at radius 3 is 2.38 bits per heavy atom. The Kier molecular flexibility index (Phi) is 6.10. The van der Waals surface area contributed by atoms with Crippen LogP contribution in [0.2, 0.25) is 0 Å². The van der Waals surface area contributed by atoms with Crippen molar-refractivity contribution in [3.8, 4) is 5.75 Å². The van der Waals surface area contributed by atoms with Crippen LogP contribution in [0.25, 0.3) is 0 Å². The monoisotopic (exact) mass is 285 g/mol. The topological polar surface area (TPSA) is 30.5 Å². The molecule has 0 saturated carbocycles. The summed E-state index contributed by atoms with van der Waals surface area (Å²) in [6.45, 7) is 4.28. The van der Waals surface area contributed by atoms with Crippen LogP contribution in [0, 0.1) is 0 Å². The molecule has 21 heavy (non-hydrogen) atoms. The predicted octanol–water partition coefficient (Wildman–Crippen LogP) is 4.23. The van der Waals surface area contributed by atoms with Crippen LogP contribution in [0.1, 0.15) is 24.5 Å². The largest absolute Gasteiger partial charge is 0.491 e. The lowest BCUT2D eigenvalue weighted by atomic mass is 10.1. The van der Waals surface area contributed by atoms with Crippen molar-refractivity contribution in [1.29, 1.82) is 0 Å². The van der Waals surface area contributed by atoms with E-state index in [1.54, 1.807) is 7.11 Å². The van der Waals surface area contributed by atoms with Gasteiger partial charge in [0.25, 0.3) is 0 Å². The SMILES string of the molecule is CCCOc1ccccc1NCc1ccc(COC)cc1. The second-order valence-corrected chi connectivity index (χ2v) is 4.95. The summed E-state index contributed by atoms with van der Waals surface area (Å²) < 4.78 is 10.9. The van der Waals surface area contributed by atoms with Gasteiger partial charge in [0.05, 0.1) is 18.9 Å². The van der Waals surface area contributed by atoms with Crippen molar-refractivity contribution in [2.45, 2.75) is 26.5 Å². The average molecular weight is 285 g/mol. The predicted molar refractivity (Wildman–Crippen MR) is 86.7 cm³/mol. The molecule has 0 spiro atoms. The van der Waals surface area contributed by atoms with Crippen molar-refractivity contribution >= 4 is 5.69 Å². The van der Waals surface area contributed by atoms with Crippen LogP contribution < -0.4 is 10.1 Å². The van der Waals surface area contributed by atoms with E-state index in [1.165, 1.54) is 11.1 Å². The highest BCUT2D eigenvalue weighted by Gasteiger charge is 2.02. The molecule has 0 atom stereocenters. The highest BCUT2D eigenvalue weighted by atomic mass is 16.5. The van der Waals surface area contributed by atoms with E-state index in [-0.39, 0.29) is 0 Å². The molecule has 0 aliphatic carbocycles. The van der Waals surface area contributed by atoms with E-state index in [0.717, 1.165) is 31.0 Å². The number of benzene rings is 2. The highest BCUT2D eigenvalue weighted by Crippen LogP contribution is 2.24. The summed E-state index contributed by atoms with van der Waals surface area (Å²) in [5.74, 6) is 0.912. The van der Waals surface area contributed by atoms with Crippen LogP contribution in [0.3, 0.4) is 0 Å². The quantitative estimate of drug-likeness (QED) is 0.787. The third-order valence-corrected chi connectivity index (χ3v) is 3.17. The van der Waals surface area contributed by atoms with Crippen molar-refractivity contribution in [2.24, 2.45) is 0 Å². The number of methoxy groups -OCH3 is 1. The normalized spacial score (nSPS) is 10.4. The Labute approximate surface area is 126 Å². The summed E-state index contributed by atoms with van der Waals surface area (Å²) in [7, 11) is 1.71. The van der Waals surface area contributed by atoms with E-state index in [0.29, 0.717) is 6.61 Å². The molecule has 0 heterocycles. The molecule has 2 aromatic rings. The molecule has 0 aromatic heterocycles. The van der Waals surface area contributed by atoms with Gasteiger partial charge in [0, 0.05) is 13.7 Å². The number of ether oxygens (including phenoxy) is 2. The smallest absolute Gasteiger partial charge is 0.142 e. The maximum absolute atomic E-state index is 5.75. The Morgan fingerprint density at radius 2 is 1.67 bits per heavy atom. The molecule has 0 amide bonds. The minimum Gasteiger partial charge on any atom is -0.491 e. The van der Waals surface area contributed by atoms with Gasteiger partial charge in [-0.1, -0.05) is 43.3 Å². The van der Waals surface area contributed by atoms with Crippen molar-refractivity contribution in [3.05, 3.63) is 59.7 Å². The molecule has 0 bridgehead atoms. The van der Waals surface area contributed by atoms with Gasteiger partial charge in [0.2, 0.25) is 0 Å². The van der Waals surface area contributed by atoms with Gasteiger partial charge in [-0.05, 0) is 29.7 Å². The number of rotatable bonds is 8. The molecule has 0 fully saturated rings. The van der Waals surface area contributed by atoms with E-state index >= 15 is 0 Å². The summed E-state index contributed by atoms with van der Waals surface area (Å²) in [5, 5.41) is 3.43. The van der Waals surface area contributed by atoms with Crippen LogP contribution >= 0.6 is 0 Å². The number of anilines is 1. The van der Waals surface area contributed by atoms with Gasteiger partial charge in [0.1, 0.15) is 5.75 Å². The fraction of sp³-hybridized carbons (Fsp3) is 0.333. The van der Waals surface area contributed by atoms with Crippen LogP contribution in [-0.2, 0) is 17.9 Å². The lowest BCUT2D eigenvalue weighted by Gasteiger charge is -2.13. The lowest BCUT2D eigenvalue weighted by Crippen LogP contribution is -2.03. The zero-order chi connectivity index (χ0) is 14.9. The summed E-state index contributed by atoms with van der Waals surface area (Å²) >= 11 is 0. The van der Waals surface area contributed by atoms with E-state index in [4.69, 9.17) is 9.47 Å². The summed E-state index contributed by atoms with van der Waals surface area (Å²) in [4.78, 5) is 0. The molecule has 0 saturated heterocycles. The fourth-order valence-corrected chi connectivity index (χ4v) is 2.07. The van der Waals surface area contributed by atoms with Crippen molar-refractivity contribution in [3.63, 3.8) is 0 Å². The standard InChI is InChI=1S/C18H23NO2/c1-3-12-21-18-7-5-4-6-17(18)19-13-15-8-10-16(11-9-15)14-20-2/h4-11,19H,3,12-14H2,1-2H3. The third-order valence-electron chi connectivity index (χ3n) is 3.17. The first kappa shape index (κ1) is 15.4. The second-order valence-electron chi connectivity index (χ2n) is 4.95.